The molecule has 1 aliphatic heterocycles. The summed E-state index contributed by atoms with van der Waals surface area (Å²) >= 11 is 1.73. The minimum atomic E-state index is 0.361. The second-order valence-corrected chi connectivity index (χ2v) is 6.59. The van der Waals surface area contributed by atoms with Gasteiger partial charge in [0.1, 0.15) is 5.75 Å². The number of para-hydroxylation sites is 2. The maximum Gasteiger partial charge on any atom is 0.140 e. The number of phenols is 1. The molecule has 0 aromatic heterocycles. The van der Waals surface area contributed by atoms with Crippen LogP contribution in [-0.4, -0.2) is 37.2 Å². The summed E-state index contributed by atoms with van der Waals surface area (Å²) < 4.78 is 0. The van der Waals surface area contributed by atoms with Crippen molar-refractivity contribution >= 4 is 23.1 Å². The summed E-state index contributed by atoms with van der Waals surface area (Å²) in [6, 6.07) is 14.2. The van der Waals surface area contributed by atoms with Crippen molar-refractivity contribution in [3.05, 3.63) is 42.5 Å². The van der Waals surface area contributed by atoms with Crippen molar-refractivity contribution < 1.29 is 5.11 Å². The van der Waals surface area contributed by atoms with Crippen LogP contribution < -0.4 is 4.90 Å². The number of nitrogens with zero attached hydrogens (tertiary/aromatic N) is 2. The van der Waals surface area contributed by atoms with Crippen molar-refractivity contribution in [2.45, 2.75) is 16.2 Å². The second kappa shape index (κ2) is 6.00. The molecule has 0 amide bonds. The largest absolute Gasteiger partial charge is 0.506 e. The standard InChI is InChI=1S/C17H20N2OS/c1-18(2)11-6-12-19-13-7-3-4-9-15(13)21-16-10-5-8-14(20)17(16)19/h3-5,7-10,20H,6,11-12H2,1-2H3. The van der Waals surface area contributed by atoms with Crippen LogP contribution in [0, 0.1) is 0 Å². The minimum Gasteiger partial charge on any atom is -0.506 e. The van der Waals surface area contributed by atoms with Gasteiger partial charge in [-0.2, -0.15) is 0 Å². The Balaban J connectivity index is 1.97. The third-order valence-corrected chi connectivity index (χ3v) is 4.73. The van der Waals surface area contributed by atoms with Gasteiger partial charge in [-0.1, -0.05) is 30.0 Å². The lowest BCUT2D eigenvalue weighted by molar-refractivity contribution is 0.402. The quantitative estimate of drug-likeness (QED) is 0.925. The topological polar surface area (TPSA) is 26.7 Å². The minimum absolute atomic E-state index is 0.361. The molecule has 0 radical (unpaired) electrons. The van der Waals surface area contributed by atoms with Gasteiger partial charge in [-0.05, 0) is 51.3 Å². The summed E-state index contributed by atoms with van der Waals surface area (Å²) in [4.78, 5) is 6.81. The van der Waals surface area contributed by atoms with E-state index < -0.39 is 0 Å². The van der Waals surface area contributed by atoms with E-state index in [2.05, 4.69) is 54.2 Å². The second-order valence-electron chi connectivity index (χ2n) is 5.50. The van der Waals surface area contributed by atoms with Crippen molar-refractivity contribution in [3.63, 3.8) is 0 Å². The number of hydrogen-bond donors (Lipinski definition) is 1. The average molecular weight is 300 g/mol. The number of rotatable bonds is 4. The van der Waals surface area contributed by atoms with Crippen molar-refractivity contribution in [2.24, 2.45) is 0 Å². The summed E-state index contributed by atoms with van der Waals surface area (Å²) in [5.41, 5.74) is 2.13. The first-order valence-corrected chi connectivity index (χ1v) is 7.99. The van der Waals surface area contributed by atoms with Crippen LogP contribution >= 0.6 is 11.8 Å². The van der Waals surface area contributed by atoms with E-state index in [-0.39, 0.29) is 0 Å². The molecule has 0 saturated heterocycles. The first-order valence-electron chi connectivity index (χ1n) is 7.18. The molecule has 3 nitrogen and oxygen atoms in total. The fourth-order valence-corrected chi connectivity index (χ4v) is 3.77. The first-order chi connectivity index (χ1) is 10.2. The molecular formula is C17H20N2OS. The molecule has 2 aromatic carbocycles. The van der Waals surface area contributed by atoms with Gasteiger partial charge < -0.3 is 14.9 Å². The summed E-state index contributed by atoms with van der Waals surface area (Å²) in [6.45, 7) is 1.94. The molecule has 0 bridgehead atoms. The lowest BCUT2D eigenvalue weighted by Crippen LogP contribution is -2.25. The number of benzene rings is 2. The van der Waals surface area contributed by atoms with Crippen molar-refractivity contribution in [2.75, 3.05) is 32.1 Å². The highest BCUT2D eigenvalue weighted by Gasteiger charge is 2.25. The zero-order valence-corrected chi connectivity index (χ0v) is 13.2. The zero-order valence-electron chi connectivity index (χ0n) is 12.4. The van der Waals surface area contributed by atoms with Gasteiger partial charge in [-0.15, -0.1) is 0 Å². The lowest BCUT2D eigenvalue weighted by atomic mass is 10.2. The predicted octanol–water partition coefficient (Wildman–Crippen LogP) is 3.95. The average Bonchev–Trinajstić information content (AvgIpc) is 2.46. The number of anilines is 2. The zero-order chi connectivity index (χ0) is 14.8. The van der Waals surface area contributed by atoms with Crippen LogP contribution in [0.25, 0.3) is 0 Å². The van der Waals surface area contributed by atoms with E-state index in [4.69, 9.17) is 0 Å². The highest BCUT2D eigenvalue weighted by molar-refractivity contribution is 7.99. The molecule has 3 rings (SSSR count). The molecule has 0 spiro atoms. The molecule has 1 aliphatic rings. The number of fused-ring (bicyclic) bond motifs is 2. The van der Waals surface area contributed by atoms with E-state index in [1.807, 2.05) is 6.07 Å². The molecule has 1 N–H and O–H groups in total. The smallest absolute Gasteiger partial charge is 0.140 e. The summed E-state index contributed by atoms with van der Waals surface area (Å²) in [5.74, 6) is 0.361. The number of phenolic OH excluding ortho intramolecular Hbond substituents is 1. The summed E-state index contributed by atoms with van der Waals surface area (Å²) in [5, 5.41) is 10.3. The van der Waals surface area contributed by atoms with Crippen LogP contribution in [0.5, 0.6) is 5.75 Å². The Labute approximate surface area is 130 Å². The molecule has 4 heteroatoms. The highest BCUT2D eigenvalue weighted by Crippen LogP contribution is 2.51. The van der Waals surface area contributed by atoms with Gasteiger partial charge in [-0.25, -0.2) is 0 Å². The fourth-order valence-electron chi connectivity index (χ4n) is 2.65. The molecule has 2 aromatic rings. The van der Waals surface area contributed by atoms with E-state index in [9.17, 15) is 5.11 Å². The third-order valence-electron chi connectivity index (χ3n) is 3.61. The Morgan fingerprint density at radius 1 is 1.05 bits per heavy atom. The van der Waals surface area contributed by atoms with E-state index in [1.165, 1.54) is 10.6 Å². The van der Waals surface area contributed by atoms with Crippen LogP contribution in [0.3, 0.4) is 0 Å². The Morgan fingerprint density at radius 2 is 1.81 bits per heavy atom. The number of hydrogen-bond acceptors (Lipinski definition) is 4. The predicted molar refractivity (Wildman–Crippen MR) is 88.8 cm³/mol. The molecule has 0 unspecified atom stereocenters. The Kier molecular flexibility index (Phi) is 4.08. The molecule has 0 fully saturated rings. The Morgan fingerprint density at radius 3 is 2.62 bits per heavy atom. The van der Waals surface area contributed by atoms with Crippen LogP contribution in [-0.2, 0) is 0 Å². The molecule has 0 aliphatic carbocycles. The molecule has 0 atom stereocenters. The van der Waals surface area contributed by atoms with E-state index in [0.29, 0.717) is 5.75 Å². The highest BCUT2D eigenvalue weighted by atomic mass is 32.2. The first kappa shape index (κ1) is 14.3. The van der Waals surface area contributed by atoms with Crippen LogP contribution in [0.1, 0.15) is 6.42 Å². The van der Waals surface area contributed by atoms with Crippen molar-refractivity contribution in [1.29, 1.82) is 0 Å². The monoisotopic (exact) mass is 300 g/mol. The van der Waals surface area contributed by atoms with Gasteiger partial charge in [0, 0.05) is 16.3 Å². The molecule has 0 saturated carbocycles. The maximum atomic E-state index is 10.3. The van der Waals surface area contributed by atoms with Crippen molar-refractivity contribution in [1.82, 2.24) is 4.90 Å². The van der Waals surface area contributed by atoms with Crippen LogP contribution in [0.4, 0.5) is 11.4 Å². The third kappa shape index (κ3) is 2.87. The molecule has 21 heavy (non-hydrogen) atoms. The normalized spacial score (nSPS) is 13.2. The molecule has 1 heterocycles. The maximum absolute atomic E-state index is 10.3. The SMILES string of the molecule is CN(C)CCCN1c2ccccc2Sc2cccc(O)c21. The van der Waals surface area contributed by atoms with Gasteiger partial charge in [0.15, 0.2) is 0 Å². The van der Waals surface area contributed by atoms with Crippen LogP contribution in [0.2, 0.25) is 0 Å². The van der Waals surface area contributed by atoms with Gasteiger partial charge in [0.05, 0.1) is 11.4 Å². The Bertz CT molecular complexity index is 642. The number of aromatic hydroxyl groups is 1. The lowest BCUT2D eigenvalue weighted by Gasteiger charge is -2.33. The van der Waals surface area contributed by atoms with Crippen LogP contribution in [0.15, 0.2) is 52.3 Å². The van der Waals surface area contributed by atoms with Gasteiger partial charge in [0.25, 0.3) is 0 Å². The van der Waals surface area contributed by atoms with E-state index >= 15 is 0 Å². The van der Waals surface area contributed by atoms with E-state index in [0.717, 1.165) is 30.1 Å². The van der Waals surface area contributed by atoms with Gasteiger partial charge >= 0.3 is 0 Å². The molecular weight excluding hydrogens is 280 g/mol. The molecule has 110 valence electrons. The van der Waals surface area contributed by atoms with E-state index in [1.54, 1.807) is 17.8 Å². The fraction of sp³-hybridized carbons (Fsp3) is 0.294. The van der Waals surface area contributed by atoms with Gasteiger partial charge in [-0.3, -0.25) is 0 Å². The summed E-state index contributed by atoms with van der Waals surface area (Å²) in [7, 11) is 4.18. The summed E-state index contributed by atoms with van der Waals surface area (Å²) in [6.07, 6.45) is 1.06. The van der Waals surface area contributed by atoms with Crippen molar-refractivity contribution in [3.8, 4) is 5.75 Å². The van der Waals surface area contributed by atoms with Gasteiger partial charge in [0.2, 0.25) is 0 Å². The Hall–Kier alpha value is -1.65.